The van der Waals surface area contributed by atoms with Crippen LogP contribution in [0.3, 0.4) is 0 Å². The third-order valence-corrected chi connectivity index (χ3v) is 4.15. The summed E-state index contributed by atoms with van der Waals surface area (Å²) in [5.41, 5.74) is 9.67. The third-order valence-electron chi connectivity index (χ3n) is 3.46. The molecular formula is C13H19ClN4S. The molecule has 0 aliphatic carbocycles. The molecule has 0 bridgehead atoms. The van der Waals surface area contributed by atoms with Crippen molar-refractivity contribution in [3.63, 3.8) is 0 Å². The van der Waals surface area contributed by atoms with Crippen LogP contribution in [-0.4, -0.2) is 34.2 Å². The molecule has 0 unspecified atom stereocenters. The molecule has 0 spiro atoms. The maximum Gasteiger partial charge on any atom is 0.0703 e. The smallest absolute Gasteiger partial charge is 0.0703 e. The molecule has 19 heavy (non-hydrogen) atoms. The highest BCUT2D eigenvalue weighted by Gasteiger charge is 2.18. The van der Waals surface area contributed by atoms with Crippen LogP contribution < -0.4 is 5.73 Å². The van der Waals surface area contributed by atoms with E-state index in [2.05, 4.69) is 31.9 Å². The summed E-state index contributed by atoms with van der Waals surface area (Å²) in [6.45, 7) is 3.07. The summed E-state index contributed by atoms with van der Waals surface area (Å²) in [6, 6.07) is 2.46. The molecule has 2 aromatic heterocycles. The Morgan fingerprint density at radius 1 is 1.53 bits per heavy atom. The predicted molar refractivity (Wildman–Crippen MR) is 81.6 cm³/mol. The molecule has 1 saturated heterocycles. The van der Waals surface area contributed by atoms with Gasteiger partial charge in [0, 0.05) is 35.6 Å². The van der Waals surface area contributed by atoms with E-state index in [1.54, 1.807) is 11.3 Å². The van der Waals surface area contributed by atoms with Gasteiger partial charge in [-0.1, -0.05) is 0 Å². The van der Waals surface area contributed by atoms with Crippen LogP contribution in [0.15, 0.2) is 23.0 Å². The van der Waals surface area contributed by atoms with Gasteiger partial charge < -0.3 is 5.73 Å². The lowest BCUT2D eigenvalue weighted by Crippen LogP contribution is -2.42. The Labute approximate surface area is 123 Å². The van der Waals surface area contributed by atoms with Crippen molar-refractivity contribution >= 4 is 23.7 Å². The zero-order valence-corrected chi connectivity index (χ0v) is 12.3. The number of nitrogens with zero attached hydrogens (tertiary/aromatic N) is 2. The number of aromatic nitrogens is 2. The summed E-state index contributed by atoms with van der Waals surface area (Å²) in [5, 5.41) is 11.5. The van der Waals surface area contributed by atoms with Crippen molar-refractivity contribution in [3.05, 3.63) is 28.6 Å². The molecule has 1 aliphatic rings. The number of nitrogens with two attached hydrogens (primary N) is 1. The van der Waals surface area contributed by atoms with Crippen LogP contribution in [0.5, 0.6) is 0 Å². The minimum Gasteiger partial charge on any atom is -0.327 e. The quantitative estimate of drug-likeness (QED) is 0.915. The SMILES string of the molecule is Cl.N[C@@H]1CCCN(Cc2cn[nH]c2-c2ccsc2)C1. The summed E-state index contributed by atoms with van der Waals surface area (Å²) in [4.78, 5) is 2.43. The van der Waals surface area contributed by atoms with E-state index in [1.807, 2.05) is 6.20 Å². The summed E-state index contributed by atoms with van der Waals surface area (Å²) < 4.78 is 0. The molecule has 0 aromatic carbocycles. The number of nitrogens with one attached hydrogen (secondary N) is 1. The van der Waals surface area contributed by atoms with E-state index in [-0.39, 0.29) is 12.4 Å². The molecule has 0 radical (unpaired) electrons. The minimum atomic E-state index is 0. The first-order valence-corrected chi connectivity index (χ1v) is 7.30. The normalized spacial score (nSPS) is 20.2. The van der Waals surface area contributed by atoms with Crippen molar-refractivity contribution in [2.75, 3.05) is 13.1 Å². The van der Waals surface area contributed by atoms with Gasteiger partial charge in [-0.3, -0.25) is 10.00 Å². The highest BCUT2D eigenvalue weighted by atomic mass is 35.5. The van der Waals surface area contributed by atoms with Crippen LogP contribution >= 0.6 is 23.7 Å². The van der Waals surface area contributed by atoms with Gasteiger partial charge >= 0.3 is 0 Å². The van der Waals surface area contributed by atoms with E-state index < -0.39 is 0 Å². The van der Waals surface area contributed by atoms with Gasteiger partial charge in [0.05, 0.1) is 11.9 Å². The number of halogens is 1. The fourth-order valence-corrected chi connectivity index (χ4v) is 3.21. The number of hydrogen-bond donors (Lipinski definition) is 2. The van der Waals surface area contributed by atoms with Crippen LogP contribution in [0, 0.1) is 0 Å². The Hall–Kier alpha value is -0.880. The number of H-pyrrole nitrogens is 1. The molecule has 2 aromatic rings. The summed E-state index contributed by atoms with van der Waals surface area (Å²) >= 11 is 1.71. The van der Waals surface area contributed by atoms with Gasteiger partial charge in [0.15, 0.2) is 0 Å². The number of piperidine rings is 1. The van der Waals surface area contributed by atoms with Gasteiger partial charge in [-0.2, -0.15) is 16.4 Å². The monoisotopic (exact) mass is 298 g/mol. The summed E-state index contributed by atoms with van der Waals surface area (Å²) in [6.07, 6.45) is 4.29. The molecule has 3 heterocycles. The van der Waals surface area contributed by atoms with E-state index in [0.29, 0.717) is 6.04 Å². The van der Waals surface area contributed by atoms with E-state index in [0.717, 1.165) is 31.7 Å². The van der Waals surface area contributed by atoms with Gasteiger partial charge in [0.1, 0.15) is 0 Å². The lowest BCUT2D eigenvalue weighted by molar-refractivity contribution is 0.202. The van der Waals surface area contributed by atoms with E-state index in [1.165, 1.54) is 17.5 Å². The van der Waals surface area contributed by atoms with Crippen LogP contribution in [0.4, 0.5) is 0 Å². The maximum absolute atomic E-state index is 6.02. The molecule has 3 N–H and O–H groups in total. The lowest BCUT2D eigenvalue weighted by Gasteiger charge is -2.30. The number of aromatic amines is 1. The standard InChI is InChI=1S/C13H18N4S.ClH/c14-12-2-1-4-17(8-12)7-11-6-15-16-13(11)10-3-5-18-9-10;/h3,5-6,9,12H,1-2,4,7-8,14H2,(H,15,16);1H/t12-;/m1./s1. The Kier molecular flexibility index (Phi) is 4.99. The highest BCUT2D eigenvalue weighted by Crippen LogP contribution is 2.25. The first kappa shape index (κ1) is 14.5. The Morgan fingerprint density at radius 2 is 2.42 bits per heavy atom. The molecule has 1 atom stereocenters. The van der Waals surface area contributed by atoms with Crippen molar-refractivity contribution in [2.45, 2.75) is 25.4 Å². The number of hydrogen-bond acceptors (Lipinski definition) is 4. The van der Waals surface area contributed by atoms with Crippen molar-refractivity contribution < 1.29 is 0 Å². The molecule has 104 valence electrons. The number of thiophene rings is 1. The van der Waals surface area contributed by atoms with Crippen LogP contribution in [0.1, 0.15) is 18.4 Å². The zero-order valence-electron chi connectivity index (χ0n) is 10.7. The summed E-state index contributed by atoms with van der Waals surface area (Å²) in [7, 11) is 0. The van der Waals surface area contributed by atoms with Crippen LogP contribution in [0.2, 0.25) is 0 Å². The van der Waals surface area contributed by atoms with E-state index in [9.17, 15) is 0 Å². The summed E-state index contributed by atoms with van der Waals surface area (Å²) in [5.74, 6) is 0. The molecular weight excluding hydrogens is 280 g/mol. The first-order valence-electron chi connectivity index (χ1n) is 6.35. The van der Waals surface area contributed by atoms with Crippen molar-refractivity contribution in [1.29, 1.82) is 0 Å². The van der Waals surface area contributed by atoms with Gasteiger partial charge in [0.2, 0.25) is 0 Å². The van der Waals surface area contributed by atoms with Gasteiger partial charge in [0.25, 0.3) is 0 Å². The van der Waals surface area contributed by atoms with Gasteiger partial charge in [-0.05, 0) is 30.8 Å². The number of rotatable bonds is 3. The molecule has 3 rings (SSSR count). The molecule has 1 fully saturated rings. The van der Waals surface area contributed by atoms with E-state index >= 15 is 0 Å². The third kappa shape index (κ3) is 3.36. The Morgan fingerprint density at radius 3 is 3.16 bits per heavy atom. The van der Waals surface area contributed by atoms with Gasteiger partial charge in [-0.15, -0.1) is 12.4 Å². The van der Waals surface area contributed by atoms with Crippen LogP contribution in [-0.2, 0) is 6.54 Å². The molecule has 6 heteroatoms. The average molecular weight is 299 g/mol. The van der Waals surface area contributed by atoms with Crippen LogP contribution in [0.25, 0.3) is 11.3 Å². The van der Waals surface area contributed by atoms with Crippen molar-refractivity contribution in [1.82, 2.24) is 15.1 Å². The van der Waals surface area contributed by atoms with Crippen molar-refractivity contribution in [3.8, 4) is 11.3 Å². The largest absolute Gasteiger partial charge is 0.327 e. The van der Waals surface area contributed by atoms with Gasteiger partial charge in [-0.25, -0.2) is 0 Å². The molecule has 4 nitrogen and oxygen atoms in total. The highest BCUT2D eigenvalue weighted by molar-refractivity contribution is 7.08. The Balaban J connectivity index is 0.00000133. The van der Waals surface area contributed by atoms with E-state index in [4.69, 9.17) is 5.73 Å². The fourth-order valence-electron chi connectivity index (χ4n) is 2.56. The number of likely N-dealkylation sites (tertiary alicyclic amines) is 1. The zero-order chi connectivity index (χ0) is 12.4. The topological polar surface area (TPSA) is 57.9 Å². The predicted octanol–water partition coefficient (Wildman–Crippen LogP) is 2.48. The molecule has 1 aliphatic heterocycles. The second-order valence-corrected chi connectivity index (χ2v) is 5.70. The minimum absolute atomic E-state index is 0. The Bertz CT molecular complexity index is 496. The fraction of sp³-hybridized carbons (Fsp3) is 0.462. The first-order chi connectivity index (χ1) is 8.83. The second kappa shape index (κ2) is 6.52. The maximum atomic E-state index is 6.02. The average Bonchev–Trinajstić information content (AvgIpc) is 2.98. The molecule has 0 saturated carbocycles. The van der Waals surface area contributed by atoms with Crippen molar-refractivity contribution in [2.24, 2.45) is 5.73 Å². The second-order valence-electron chi connectivity index (χ2n) is 4.92. The lowest BCUT2D eigenvalue weighted by atomic mass is 10.1. The molecule has 0 amide bonds.